The molecular weight excluding hydrogens is 354 g/mol. The average Bonchev–Trinajstić information content (AvgIpc) is 2.88. The fraction of sp³-hybridized carbons (Fsp3) is 0.158. The zero-order valence-electron chi connectivity index (χ0n) is 14.2. The van der Waals surface area contributed by atoms with E-state index in [0.29, 0.717) is 22.0 Å². The summed E-state index contributed by atoms with van der Waals surface area (Å²) in [6, 6.07) is 12.1. The van der Waals surface area contributed by atoms with E-state index in [1.54, 1.807) is 32.0 Å². The molecule has 0 aromatic heterocycles. The molecule has 132 valence electrons. The van der Waals surface area contributed by atoms with Gasteiger partial charge in [-0.2, -0.15) is 10.1 Å². The van der Waals surface area contributed by atoms with Crippen LogP contribution in [0.1, 0.15) is 22.8 Å². The number of carbonyl (C=O) groups is 2. The Balaban J connectivity index is 1.92. The smallest absolute Gasteiger partial charge is 0.337 e. The predicted octanol–water partition coefficient (Wildman–Crippen LogP) is 4.09. The Hall–Kier alpha value is -2.99. The number of rotatable bonds is 4. The highest BCUT2D eigenvalue weighted by atomic mass is 35.5. The summed E-state index contributed by atoms with van der Waals surface area (Å²) < 4.78 is 0. The number of anilines is 1. The van der Waals surface area contributed by atoms with Gasteiger partial charge in [0.2, 0.25) is 0 Å². The third-order valence-corrected chi connectivity index (χ3v) is 4.25. The lowest BCUT2D eigenvalue weighted by molar-refractivity contribution is -0.118. The molecule has 1 aliphatic rings. The molecule has 2 aromatic rings. The molecule has 0 saturated carbocycles. The fourth-order valence-electron chi connectivity index (χ4n) is 2.72. The highest BCUT2D eigenvalue weighted by Crippen LogP contribution is 2.29. The van der Waals surface area contributed by atoms with Gasteiger partial charge in [-0.3, -0.25) is 9.79 Å². The monoisotopic (exact) mass is 369 g/mol. The van der Waals surface area contributed by atoms with Crippen molar-refractivity contribution >= 4 is 46.8 Å². The molecule has 1 atom stereocenters. The number of para-hydroxylation sites is 1. The third kappa shape index (κ3) is 3.36. The van der Waals surface area contributed by atoms with Gasteiger partial charge in [0.1, 0.15) is 5.92 Å². The second kappa shape index (κ2) is 7.09. The molecule has 2 aromatic carbocycles. The maximum atomic E-state index is 12.7. The number of aliphatic imine (C=N–C) groups is 1. The van der Waals surface area contributed by atoms with E-state index in [1.165, 1.54) is 17.3 Å². The van der Waals surface area contributed by atoms with Gasteiger partial charge < -0.3 is 5.11 Å². The van der Waals surface area contributed by atoms with Gasteiger partial charge in [-0.1, -0.05) is 29.8 Å². The number of hydrogen-bond donors (Lipinski definition) is 1. The van der Waals surface area contributed by atoms with Crippen LogP contribution in [0.15, 0.2) is 52.6 Å². The van der Waals surface area contributed by atoms with Gasteiger partial charge in [-0.15, -0.1) is 0 Å². The molecule has 1 N–H and O–H groups in total. The van der Waals surface area contributed by atoms with E-state index in [-0.39, 0.29) is 17.2 Å². The Morgan fingerprint density at radius 2 is 1.96 bits per heavy atom. The van der Waals surface area contributed by atoms with E-state index in [1.807, 2.05) is 18.2 Å². The van der Waals surface area contributed by atoms with Crippen molar-refractivity contribution in [3.63, 3.8) is 0 Å². The van der Waals surface area contributed by atoms with Gasteiger partial charge in [0, 0.05) is 11.2 Å². The maximum Gasteiger partial charge on any atom is 0.337 e. The standard InChI is InChI=1S/C19H16ClN3O3/c1-11-8-13(20)9-15(19(25)26)17(11)21-10-16-12(2)22-23(18(16)24)14-6-4-3-5-7-14/h3-10,16H,1-2H3,(H,25,26)/b21-10+. The molecular formula is C19H16ClN3O3. The minimum Gasteiger partial charge on any atom is -0.478 e. The van der Waals surface area contributed by atoms with E-state index in [2.05, 4.69) is 10.1 Å². The van der Waals surface area contributed by atoms with Crippen molar-refractivity contribution in [1.82, 2.24) is 0 Å². The Morgan fingerprint density at radius 3 is 2.62 bits per heavy atom. The van der Waals surface area contributed by atoms with E-state index in [9.17, 15) is 14.7 Å². The van der Waals surface area contributed by atoms with Gasteiger partial charge in [-0.25, -0.2) is 4.79 Å². The Kier molecular flexibility index (Phi) is 4.86. The van der Waals surface area contributed by atoms with Crippen LogP contribution in [0.2, 0.25) is 5.02 Å². The van der Waals surface area contributed by atoms with E-state index >= 15 is 0 Å². The zero-order chi connectivity index (χ0) is 18.8. The normalized spacial score (nSPS) is 17.0. The van der Waals surface area contributed by atoms with Gasteiger partial charge in [0.15, 0.2) is 0 Å². The number of nitrogens with zero attached hydrogens (tertiary/aromatic N) is 3. The van der Waals surface area contributed by atoms with Crippen molar-refractivity contribution < 1.29 is 14.7 Å². The van der Waals surface area contributed by atoms with Gasteiger partial charge in [0.25, 0.3) is 5.91 Å². The molecule has 0 spiro atoms. The summed E-state index contributed by atoms with van der Waals surface area (Å²) in [6.07, 6.45) is 1.44. The summed E-state index contributed by atoms with van der Waals surface area (Å²) in [7, 11) is 0. The van der Waals surface area contributed by atoms with E-state index in [0.717, 1.165) is 0 Å². The molecule has 1 unspecified atom stereocenters. The molecule has 1 aliphatic heterocycles. The number of aromatic carboxylic acids is 1. The molecule has 1 amide bonds. The van der Waals surface area contributed by atoms with Crippen LogP contribution in [0.25, 0.3) is 0 Å². The van der Waals surface area contributed by atoms with Crippen molar-refractivity contribution in [2.75, 3.05) is 5.01 Å². The largest absolute Gasteiger partial charge is 0.478 e. The van der Waals surface area contributed by atoms with Gasteiger partial charge in [-0.05, 0) is 43.7 Å². The number of hydrazone groups is 1. The number of carboxylic acids is 1. The van der Waals surface area contributed by atoms with Crippen molar-refractivity contribution in [3.8, 4) is 0 Å². The highest BCUT2D eigenvalue weighted by Gasteiger charge is 2.33. The fourth-order valence-corrected chi connectivity index (χ4v) is 3.00. The Morgan fingerprint density at radius 1 is 1.27 bits per heavy atom. The Bertz CT molecular complexity index is 939. The van der Waals surface area contributed by atoms with E-state index < -0.39 is 11.9 Å². The second-order valence-corrected chi connectivity index (χ2v) is 6.34. The molecule has 0 saturated heterocycles. The van der Waals surface area contributed by atoms with Crippen molar-refractivity contribution in [2.45, 2.75) is 13.8 Å². The number of amides is 1. The molecule has 1 heterocycles. The minimum absolute atomic E-state index is 0.00815. The van der Waals surface area contributed by atoms with Crippen LogP contribution in [-0.4, -0.2) is 28.9 Å². The van der Waals surface area contributed by atoms with Crippen LogP contribution >= 0.6 is 11.6 Å². The van der Waals surface area contributed by atoms with Crippen molar-refractivity contribution in [3.05, 3.63) is 58.6 Å². The van der Waals surface area contributed by atoms with Crippen molar-refractivity contribution in [2.24, 2.45) is 16.0 Å². The van der Waals surface area contributed by atoms with Gasteiger partial charge in [0.05, 0.1) is 22.6 Å². The summed E-state index contributed by atoms with van der Waals surface area (Å²) in [4.78, 5) is 28.4. The molecule has 7 heteroatoms. The first kappa shape index (κ1) is 17.8. The number of halogens is 1. The molecule has 26 heavy (non-hydrogen) atoms. The second-order valence-electron chi connectivity index (χ2n) is 5.91. The lowest BCUT2D eigenvalue weighted by atomic mass is 10.1. The van der Waals surface area contributed by atoms with Crippen molar-refractivity contribution in [1.29, 1.82) is 0 Å². The van der Waals surface area contributed by atoms with Crippen LogP contribution in [0.5, 0.6) is 0 Å². The Labute approximate surface area is 155 Å². The summed E-state index contributed by atoms with van der Waals surface area (Å²) in [6.45, 7) is 3.46. The lowest BCUT2D eigenvalue weighted by Crippen LogP contribution is -2.27. The van der Waals surface area contributed by atoms with Crippen LogP contribution in [0.4, 0.5) is 11.4 Å². The number of carbonyl (C=O) groups excluding carboxylic acids is 1. The molecule has 6 nitrogen and oxygen atoms in total. The lowest BCUT2D eigenvalue weighted by Gasteiger charge is -2.12. The zero-order valence-corrected chi connectivity index (χ0v) is 14.9. The van der Waals surface area contributed by atoms with Crippen LogP contribution in [0.3, 0.4) is 0 Å². The van der Waals surface area contributed by atoms with Gasteiger partial charge >= 0.3 is 5.97 Å². The first-order valence-electron chi connectivity index (χ1n) is 7.90. The minimum atomic E-state index is -1.13. The first-order valence-corrected chi connectivity index (χ1v) is 8.28. The number of benzene rings is 2. The number of carboxylic acid groups (broad SMARTS) is 1. The summed E-state index contributed by atoms with van der Waals surface area (Å²) in [5.74, 6) is -2.01. The predicted molar refractivity (Wildman–Crippen MR) is 102 cm³/mol. The highest BCUT2D eigenvalue weighted by molar-refractivity contribution is 6.31. The first-order chi connectivity index (χ1) is 12.4. The average molecular weight is 370 g/mol. The SMILES string of the molecule is CC1=NN(c2ccccc2)C(=O)C1/C=N/c1c(C)cc(Cl)cc1C(=O)O. The maximum absolute atomic E-state index is 12.7. The molecule has 0 radical (unpaired) electrons. The molecule has 0 fully saturated rings. The molecule has 3 rings (SSSR count). The number of aryl methyl sites for hydroxylation is 1. The molecule has 0 aliphatic carbocycles. The third-order valence-electron chi connectivity index (χ3n) is 4.03. The summed E-state index contributed by atoms with van der Waals surface area (Å²) in [5, 5.41) is 15.3. The van der Waals surface area contributed by atoms with Crippen LogP contribution in [0, 0.1) is 12.8 Å². The van der Waals surface area contributed by atoms with E-state index in [4.69, 9.17) is 11.6 Å². The number of hydrogen-bond acceptors (Lipinski definition) is 4. The summed E-state index contributed by atoms with van der Waals surface area (Å²) >= 11 is 5.93. The molecule has 0 bridgehead atoms. The van der Waals surface area contributed by atoms with Crippen LogP contribution in [-0.2, 0) is 4.79 Å². The quantitative estimate of drug-likeness (QED) is 0.824. The van der Waals surface area contributed by atoms with Crippen LogP contribution < -0.4 is 5.01 Å². The topological polar surface area (TPSA) is 82.3 Å². The summed E-state index contributed by atoms with van der Waals surface area (Å²) in [5.41, 5.74) is 2.14.